The van der Waals surface area contributed by atoms with E-state index in [1.807, 2.05) is 13.8 Å². The number of hydrogen-bond acceptors (Lipinski definition) is 7. The van der Waals surface area contributed by atoms with E-state index in [0.29, 0.717) is 31.1 Å². The summed E-state index contributed by atoms with van der Waals surface area (Å²) in [6.07, 6.45) is 4.27. The van der Waals surface area contributed by atoms with E-state index in [-0.39, 0.29) is 5.92 Å². The van der Waals surface area contributed by atoms with E-state index in [1.165, 1.54) is 13.2 Å². The molecule has 0 bridgehead atoms. The van der Waals surface area contributed by atoms with Crippen molar-refractivity contribution in [2.24, 2.45) is 5.92 Å². The van der Waals surface area contributed by atoms with Gasteiger partial charge < -0.3 is 24.3 Å². The molecule has 2 rings (SSSR count). The SMILES string of the molecule is CC[C@@H](C)[C@@H](NC(=O)COC(=O)/C=C/c1ccc2c(c1)OCCCO2)C(=O)OC. The van der Waals surface area contributed by atoms with Crippen molar-refractivity contribution in [1.82, 2.24) is 5.32 Å². The average molecular weight is 405 g/mol. The molecule has 1 aliphatic rings. The Hall–Kier alpha value is -3.03. The number of carbonyl (C=O) groups excluding carboxylic acids is 3. The minimum absolute atomic E-state index is 0.110. The van der Waals surface area contributed by atoms with Crippen LogP contribution in [0.5, 0.6) is 11.5 Å². The zero-order chi connectivity index (χ0) is 21.2. The van der Waals surface area contributed by atoms with Crippen LogP contribution < -0.4 is 14.8 Å². The molecule has 29 heavy (non-hydrogen) atoms. The first-order valence-electron chi connectivity index (χ1n) is 9.56. The maximum absolute atomic E-state index is 12.0. The average Bonchev–Trinajstić information content (AvgIpc) is 2.98. The number of esters is 2. The Morgan fingerprint density at radius 3 is 2.62 bits per heavy atom. The Bertz CT molecular complexity index is 759. The first-order chi connectivity index (χ1) is 13.9. The van der Waals surface area contributed by atoms with Gasteiger partial charge in [0.15, 0.2) is 18.1 Å². The third-order valence-electron chi connectivity index (χ3n) is 4.51. The van der Waals surface area contributed by atoms with Crippen LogP contribution >= 0.6 is 0 Å². The van der Waals surface area contributed by atoms with Crippen LogP contribution in [0.25, 0.3) is 6.08 Å². The molecule has 0 saturated carbocycles. The second kappa shape index (κ2) is 11.1. The minimum Gasteiger partial charge on any atom is -0.490 e. The molecular formula is C21H27NO7. The van der Waals surface area contributed by atoms with Crippen molar-refractivity contribution in [1.29, 1.82) is 0 Å². The smallest absolute Gasteiger partial charge is 0.331 e. The summed E-state index contributed by atoms with van der Waals surface area (Å²) in [6, 6.07) is 4.55. The summed E-state index contributed by atoms with van der Waals surface area (Å²) < 4.78 is 20.8. The molecule has 8 heteroatoms. The molecule has 158 valence electrons. The number of benzene rings is 1. The van der Waals surface area contributed by atoms with Crippen LogP contribution in [0.1, 0.15) is 32.3 Å². The lowest BCUT2D eigenvalue weighted by Crippen LogP contribution is -2.47. The van der Waals surface area contributed by atoms with Crippen molar-refractivity contribution in [2.45, 2.75) is 32.7 Å². The molecule has 0 unspecified atom stereocenters. The number of methoxy groups -OCH3 is 1. The van der Waals surface area contributed by atoms with Gasteiger partial charge in [-0.3, -0.25) is 4.79 Å². The predicted molar refractivity (Wildman–Crippen MR) is 105 cm³/mol. The molecule has 1 aromatic rings. The van der Waals surface area contributed by atoms with Crippen molar-refractivity contribution < 1.29 is 33.3 Å². The van der Waals surface area contributed by atoms with E-state index in [2.05, 4.69) is 5.32 Å². The largest absolute Gasteiger partial charge is 0.490 e. The van der Waals surface area contributed by atoms with E-state index in [0.717, 1.165) is 12.0 Å². The fraction of sp³-hybridized carbons (Fsp3) is 0.476. The highest BCUT2D eigenvalue weighted by atomic mass is 16.5. The van der Waals surface area contributed by atoms with Gasteiger partial charge in [-0.25, -0.2) is 9.59 Å². The van der Waals surface area contributed by atoms with Crippen LogP contribution in [0.3, 0.4) is 0 Å². The Balaban J connectivity index is 1.86. The van der Waals surface area contributed by atoms with Crippen LogP contribution in [0.15, 0.2) is 24.3 Å². The Morgan fingerprint density at radius 2 is 1.93 bits per heavy atom. The van der Waals surface area contributed by atoms with Crippen molar-refractivity contribution in [3.05, 3.63) is 29.8 Å². The lowest BCUT2D eigenvalue weighted by atomic mass is 9.99. The number of nitrogens with one attached hydrogen (secondary N) is 1. The molecule has 0 radical (unpaired) electrons. The zero-order valence-electron chi connectivity index (χ0n) is 16.9. The van der Waals surface area contributed by atoms with Gasteiger partial charge in [-0.05, 0) is 29.7 Å². The van der Waals surface area contributed by atoms with E-state index in [4.69, 9.17) is 18.9 Å². The van der Waals surface area contributed by atoms with E-state index in [1.54, 1.807) is 24.3 Å². The number of amides is 1. The molecule has 0 spiro atoms. The first-order valence-corrected chi connectivity index (χ1v) is 9.56. The molecule has 0 aromatic heterocycles. The fourth-order valence-corrected chi connectivity index (χ4v) is 2.64. The van der Waals surface area contributed by atoms with E-state index < -0.39 is 30.5 Å². The lowest BCUT2D eigenvalue weighted by Gasteiger charge is -2.21. The molecule has 1 aromatic carbocycles. The third kappa shape index (κ3) is 6.81. The van der Waals surface area contributed by atoms with Crippen LogP contribution in [-0.4, -0.2) is 50.8 Å². The Kier molecular flexibility index (Phi) is 8.51. The van der Waals surface area contributed by atoms with E-state index >= 15 is 0 Å². The van der Waals surface area contributed by atoms with E-state index in [9.17, 15) is 14.4 Å². The van der Waals surface area contributed by atoms with Gasteiger partial charge in [0.05, 0.1) is 20.3 Å². The summed E-state index contributed by atoms with van der Waals surface area (Å²) in [6.45, 7) is 4.41. The molecule has 1 heterocycles. The molecule has 0 saturated heterocycles. The molecule has 1 amide bonds. The molecule has 2 atom stereocenters. The van der Waals surface area contributed by atoms with Gasteiger partial charge in [-0.1, -0.05) is 26.3 Å². The topological polar surface area (TPSA) is 100 Å². The number of ether oxygens (including phenoxy) is 4. The fourth-order valence-electron chi connectivity index (χ4n) is 2.64. The number of carbonyl (C=O) groups is 3. The lowest BCUT2D eigenvalue weighted by molar-refractivity contribution is -0.148. The predicted octanol–water partition coefficient (Wildman–Crippen LogP) is 2.11. The third-order valence-corrected chi connectivity index (χ3v) is 4.51. The summed E-state index contributed by atoms with van der Waals surface area (Å²) in [5.41, 5.74) is 0.734. The van der Waals surface area contributed by atoms with Crippen LogP contribution in [-0.2, 0) is 23.9 Å². The second-order valence-corrected chi connectivity index (χ2v) is 6.65. The van der Waals surface area contributed by atoms with Crippen LogP contribution in [0, 0.1) is 5.92 Å². The molecule has 1 aliphatic heterocycles. The van der Waals surface area contributed by atoms with Crippen LogP contribution in [0.2, 0.25) is 0 Å². The van der Waals surface area contributed by atoms with Gasteiger partial charge in [0.1, 0.15) is 6.04 Å². The maximum Gasteiger partial charge on any atom is 0.331 e. The van der Waals surface area contributed by atoms with Gasteiger partial charge in [0.2, 0.25) is 0 Å². The van der Waals surface area contributed by atoms with Gasteiger partial charge >= 0.3 is 11.9 Å². The molecule has 1 N–H and O–H groups in total. The van der Waals surface area contributed by atoms with Crippen molar-refractivity contribution >= 4 is 23.9 Å². The monoisotopic (exact) mass is 405 g/mol. The highest BCUT2D eigenvalue weighted by Crippen LogP contribution is 2.30. The number of fused-ring (bicyclic) bond motifs is 1. The Labute approximate surface area is 170 Å². The second-order valence-electron chi connectivity index (χ2n) is 6.65. The normalized spacial score (nSPS) is 15.1. The number of hydrogen-bond donors (Lipinski definition) is 1. The number of rotatable bonds is 8. The first kappa shape index (κ1) is 22.3. The molecule has 0 fully saturated rings. The molecule has 8 nitrogen and oxygen atoms in total. The summed E-state index contributed by atoms with van der Waals surface area (Å²) in [7, 11) is 1.26. The van der Waals surface area contributed by atoms with Crippen molar-refractivity contribution in [2.75, 3.05) is 26.9 Å². The van der Waals surface area contributed by atoms with Gasteiger partial charge in [0, 0.05) is 12.5 Å². The Morgan fingerprint density at radius 1 is 1.21 bits per heavy atom. The van der Waals surface area contributed by atoms with Crippen molar-refractivity contribution in [3.8, 4) is 11.5 Å². The van der Waals surface area contributed by atoms with Gasteiger partial charge in [0.25, 0.3) is 5.91 Å². The van der Waals surface area contributed by atoms with Crippen LogP contribution in [0.4, 0.5) is 0 Å². The molecular weight excluding hydrogens is 378 g/mol. The molecule has 0 aliphatic carbocycles. The quantitative estimate of drug-likeness (QED) is 0.522. The summed E-state index contributed by atoms with van der Waals surface area (Å²) in [5, 5.41) is 2.54. The standard InChI is InChI=1S/C21H27NO7/c1-4-14(2)20(21(25)26-3)22-18(23)13-29-19(24)9-7-15-6-8-16-17(12-15)28-11-5-10-27-16/h6-9,12,14,20H,4-5,10-11,13H2,1-3H3,(H,22,23)/b9-7+/t14-,20-/m1/s1. The maximum atomic E-state index is 12.0. The summed E-state index contributed by atoms with van der Waals surface area (Å²) in [4.78, 5) is 35.7. The zero-order valence-corrected chi connectivity index (χ0v) is 16.9. The summed E-state index contributed by atoms with van der Waals surface area (Å²) in [5.74, 6) is -0.602. The van der Waals surface area contributed by atoms with Gasteiger partial charge in [-0.2, -0.15) is 0 Å². The van der Waals surface area contributed by atoms with Crippen molar-refractivity contribution in [3.63, 3.8) is 0 Å². The summed E-state index contributed by atoms with van der Waals surface area (Å²) >= 11 is 0. The minimum atomic E-state index is -0.784. The highest BCUT2D eigenvalue weighted by molar-refractivity contribution is 5.90. The highest BCUT2D eigenvalue weighted by Gasteiger charge is 2.26. The van der Waals surface area contributed by atoms with Gasteiger partial charge in [-0.15, -0.1) is 0 Å².